The number of nitrogens with zero attached hydrogens (tertiary/aromatic N) is 4. The average molecular weight is 273 g/mol. The molecule has 0 aliphatic rings. The van der Waals surface area contributed by atoms with Crippen LogP contribution in [0.15, 0.2) is 39.9 Å². The number of aromatic nitrogens is 5. The molecule has 2 heterocycles. The van der Waals surface area contributed by atoms with E-state index < -0.39 is 5.69 Å². The van der Waals surface area contributed by atoms with E-state index in [4.69, 9.17) is 9.15 Å². The predicted molar refractivity (Wildman–Crippen MR) is 67.6 cm³/mol. The molecule has 0 atom stereocenters. The number of hydrogen-bond donors (Lipinski definition) is 1. The number of oxazole rings is 1. The van der Waals surface area contributed by atoms with Gasteiger partial charge in [-0.1, -0.05) is 18.2 Å². The van der Waals surface area contributed by atoms with Gasteiger partial charge in [-0.05, 0) is 29.0 Å². The molecule has 8 heteroatoms. The summed E-state index contributed by atoms with van der Waals surface area (Å²) >= 11 is 0. The van der Waals surface area contributed by atoms with Crippen LogP contribution in [0.5, 0.6) is 5.75 Å². The zero-order valence-corrected chi connectivity index (χ0v) is 10.6. The Hall–Kier alpha value is -2.90. The Balaban J connectivity index is 1.83. The van der Waals surface area contributed by atoms with E-state index in [1.165, 1.54) is 6.39 Å². The second-order valence-corrected chi connectivity index (χ2v) is 4.08. The van der Waals surface area contributed by atoms with E-state index in [1.807, 2.05) is 31.2 Å². The fraction of sp³-hybridized carbons (Fsp3) is 0.167. The smallest absolute Gasteiger partial charge is 0.368 e. The van der Waals surface area contributed by atoms with Crippen LogP contribution in [-0.4, -0.2) is 25.2 Å². The summed E-state index contributed by atoms with van der Waals surface area (Å²) in [5.41, 5.74) is 0.972. The lowest BCUT2D eigenvalue weighted by Crippen LogP contribution is -2.17. The van der Waals surface area contributed by atoms with Crippen LogP contribution in [0.3, 0.4) is 0 Å². The Bertz CT molecular complexity index is 773. The molecule has 0 amide bonds. The molecule has 3 rings (SSSR count). The second-order valence-electron chi connectivity index (χ2n) is 4.08. The third kappa shape index (κ3) is 2.18. The highest BCUT2D eigenvalue weighted by atomic mass is 16.5. The van der Waals surface area contributed by atoms with E-state index in [1.54, 1.807) is 0 Å². The van der Waals surface area contributed by atoms with E-state index in [0.29, 0.717) is 5.69 Å². The summed E-state index contributed by atoms with van der Waals surface area (Å²) in [6, 6.07) is 7.62. The molecule has 0 fully saturated rings. The van der Waals surface area contributed by atoms with Crippen molar-refractivity contribution in [3.8, 4) is 11.6 Å². The number of nitrogens with one attached hydrogen (secondary N) is 1. The summed E-state index contributed by atoms with van der Waals surface area (Å²) < 4.78 is 11.8. The first-order chi connectivity index (χ1) is 9.75. The minimum Gasteiger partial charge on any atom is -0.487 e. The van der Waals surface area contributed by atoms with Gasteiger partial charge in [0.1, 0.15) is 18.1 Å². The lowest BCUT2D eigenvalue weighted by atomic mass is 10.2. The molecule has 3 aromatic rings. The van der Waals surface area contributed by atoms with E-state index in [-0.39, 0.29) is 12.5 Å². The molecule has 102 valence electrons. The molecule has 0 unspecified atom stereocenters. The number of aromatic amines is 1. The van der Waals surface area contributed by atoms with Crippen LogP contribution >= 0.6 is 0 Å². The van der Waals surface area contributed by atoms with E-state index in [2.05, 4.69) is 20.5 Å². The molecule has 1 N–H and O–H groups in total. The Morgan fingerprint density at radius 1 is 1.40 bits per heavy atom. The Labute approximate surface area is 113 Å². The summed E-state index contributed by atoms with van der Waals surface area (Å²) in [5, 5.41) is 9.18. The number of aryl methyl sites for hydroxylation is 1. The Morgan fingerprint density at radius 2 is 2.25 bits per heavy atom. The Morgan fingerprint density at radius 3 is 3.00 bits per heavy atom. The molecule has 0 aliphatic heterocycles. The van der Waals surface area contributed by atoms with E-state index >= 15 is 0 Å². The molecule has 0 bridgehead atoms. The number of para-hydroxylation sites is 1. The van der Waals surface area contributed by atoms with Gasteiger partial charge < -0.3 is 9.15 Å². The van der Waals surface area contributed by atoms with Gasteiger partial charge in [-0.25, -0.2) is 14.9 Å². The summed E-state index contributed by atoms with van der Waals surface area (Å²) in [7, 11) is 0. The summed E-state index contributed by atoms with van der Waals surface area (Å²) in [5.74, 6) is 0.936. The molecular formula is C12H11N5O3. The maximum absolute atomic E-state index is 11.5. The highest BCUT2D eigenvalue weighted by Gasteiger charge is 2.15. The number of tetrazole rings is 1. The third-order valence-electron chi connectivity index (χ3n) is 2.74. The molecule has 2 aromatic heterocycles. The maximum atomic E-state index is 11.5. The van der Waals surface area contributed by atoms with Crippen molar-refractivity contribution in [2.75, 3.05) is 0 Å². The van der Waals surface area contributed by atoms with Crippen LogP contribution in [0, 0.1) is 6.92 Å². The van der Waals surface area contributed by atoms with Crippen LogP contribution in [0.25, 0.3) is 5.88 Å². The lowest BCUT2D eigenvalue weighted by Gasteiger charge is -2.07. The van der Waals surface area contributed by atoms with Crippen molar-refractivity contribution in [3.63, 3.8) is 0 Å². The van der Waals surface area contributed by atoms with Crippen LogP contribution in [0.4, 0.5) is 0 Å². The third-order valence-corrected chi connectivity index (χ3v) is 2.74. The molecular weight excluding hydrogens is 262 g/mol. The van der Waals surface area contributed by atoms with Crippen LogP contribution in [0.1, 0.15) is 11.3 Å². The van der Waals surface area contributed by atoms with Gasteiger partial charge in [0.2, 0.25) is 0 Å². The molecule has 0 spiro atoms. The minimum atomic E-state index is -0.501. The number of ether oxygens (including phenoxy) is 1. The molecule has 0 radical (unpaired) electrons. The van der Waals surface area contributed by atoms with Crippen molar-refractivity contribution in [1.82, 2.24) is 25.2 Å². The summed E-state index contributed by atoms with van der Waals surface area (Å²) in [6.07, 6.45) is 1.23. The van der Waals surface area contributed by atoms with Gasteiger partial charge in [0, 0.05) is 0 Å². The van der Waals surface area contributed by atoms with Gasteiger partial charge in [-0.2, -0.15) is 0 Å². The van der Waals surface area contributed by atoms with Gasteiger partial charge in [-0.15, -0.1) is 4.68 Å². The van der Waals surface area contributed by atoms with E-state index in [0.717, 1.165) is 16.0 Å². The molecule has 8 nitrogen and oxygen atoms in total. The largest absolute Gasteiger partial charge is 0.487 e. The number of benzene rings is 1. The number of hydrogen-bond acceptors (Lipinski definition) is 6. The first kappa shape index (κ1) is 12.2. The first-order valence-electron chi connectivity index (χ1n) is 5.87. The van der Waals surface area contributed by atoms with Gasteiger partial charge in [-0.3, -0.25) is 0 Å². The summed E-state index contributed by atoms with van der Waals surface area (Å²) in [4.78, 5) is 15.5. The van der Waals surface area contributed by atoms with Gasteiger partial charge in [0.25, 0.3) is 5.88 Å². The monoisotopic (exact) mass is 273 g/mol. The Kier molecular flexibility index (Phi) is 3.04. The highest BCUT2D eigenvalue weighted by molar-refractivity contribution is 5.32. The fourth-order valence-electron chi connectivity index (χ4n) is 1.73. The quantitative estimate of drug-likeness (QED) is 0.756. The van der Waals surface area contributed by atoms with Crippen molar-refractivity contribution in [2.45, 2.75) is 13.5 Å². The van der Waals surface area contributed by atoms with Crippen molar-refractivity contribution in [2.24, 2.45) is 0 Å². The van der Waals surface area contributed by atoms with Crippen molar-refractivity contribution in [3.05, 3.63) is 52.4 Å². The van der Waals surface area contributed by atoms with E-state index in [9.17, 15) is 4.79 Å². The second kappa shape index (κ2) is 5.00. The SMILES string of the molecule is Cc1ccccc1OCc1ncoc1-n1nn[nH]c1=O. The zero-order chi connectivity index (χ0) is 13.9. The molecule has 0 saturated carbocycles. The first-order valence-corrected chi connectivity index (χ1v) is 5.87. The van der Waals surface area contributed by atoms with Gasteiger partial charge in [0.15, 0.2) is 6.39 Å². The lowest BCUT2D eigenvalue weighted by molar-refractivity contribution is 0.297. The molecule has 1 aromatic carbocycles. The predicted octanol–water partition coefficient (Wildman–Crippen LogP) is 0.831. The maximum Gasteiger partial charge on any atom is 0.368 e. The van der Waals surface area contributed by atoms with Crippen LogP contribution in [-0.2, 0) is 6.61 Å². The summed E-state index contributed by atoms with van der Waals surface area (Å²) in [6.45, 7) is 2.11. The molecule has 20 heavy (non-hydrogen) atoms. The highest BCUT2D eigenvalue weighted by Crippen LogP contribution is 2.19. The number of H-pyrrole nitrogens is 1. The van der Waals surface area contributed by atoms with Crippen molar-refractivity contribution >= 4 is 0 Å². The topological polar surface area (TPSA) is 98.8 Å². The zero-order valence-electron chi connectivity index (χ0n) is 10.6. The minimum absolute atomic E-state index is 0.163. The van der Waals surface area contributed by atoms with Gasteiger partial charge >= 0.3 is 5.69 Å². The molecule has 0 saturated heterocycles. The fourth-order valence-corrected chi connectivity index (χ4v) is 1.73. The van der Waals surface area contributed by atoms with Crippen molar-refractivity contribution < 1.29 is 9.15 Å². The standard InChI is InChI=1S/C12H11N5O3/c1-8-4-2-3-5-10(8)19-6-9-11(20-7-13-9)17-12(18)14-15-16-17/h2-5,7H,6H2,1H3,(H,14,16,18). The van der Waals surface area contributed by atoms with Gasteiger partial charge in [0.05, 0.1) is 0 Å². The van der Waals surface area contributed by atoms with Crippen LogP contribution < -0.4 is 10.4 Å². The van der Waals surface area contributed by atoms with Crippen molar-refractivity contribution in [1.29, 1.82) is 0 Å². The number of rotatable bonds is 4. The molecule has 0 aliphatic carbocycles. The normalized spacial score (nSPS) is 10.7. The average Bonchev–Trinajstić information content (AvgIpc) is 3.06. The van der Waals surface area contributed by atoms with Crippen LogP contribution in [0.2, 0.25) is 0 Å².